The van der Waals surface area contributed by atoms with Crippen LogP contribution in [0.5, 0.6) is 17.2 Å². The summed E-state index contributed by atoms with van der Waals surface area (Å²) in [6, 6.07) is 21.2. The van der Waals surface area contributed by atoms with Crippen LogP contribution in [0.15, 0.2) is 66.7 Å². The molecule has 1 aliphatic rings. The number of rotatable bonds is 5. The molecular weight excluding hydrogens is 404 g/mol. The van der Waals surface area contributed by atoms with Crippen molar-refractivity contribution in [2.45, 2.75) is 6.04 Å². The molecule has 3 aromatic carbocycles. The van der Waals surface area contributed by atoms with Crippen LogP contribution in [-0.2, 0) is 7.05 Å². The first-order valence-corrected chi connectivity index (χ1v) is 10.4. The molecular formula is C26H24N2O4. The zero-order valence-electron chi connectivity index (χ0n) is 18.5. The van der Waals surface area contributed by atoms with Gasteiger partial charge >= 0.3 is 0 Å². The number of carbonyl (C=O) groups is 1. The molecule has 5 rings (SSSR count). The molecule has 2 heterocycles. The van der Waals surface area contributed by atoms with Crippen LogP contribution in [-0.4, -0.2) is 31.8 Å². The molecule has 0 bridgehead atoms. The number of carbonyl (C=O) groups excluding carboxylic acids is 1. The van der Waals surface area contributed by atoms with Gasteiger partial charge in [0.05, 0.1) is 27.4 Å². The normalized spacial score (nSPS) is 15.2. The third-order valence-corrected chi connectivity index (χ3v) is 6.17. The number of anilines is 1. The number of hydrogen-bond acceptors (Lipinski definition) is 4. The average molecular weight is 428 g/mol. The lowest BCUT2D eigenvalue weighted by molar-refractivity contribution is 0.0986. The van der Waals surface area contributed by atoms with Crippen LogP contribution in [0, 0.1) is 0 Å². The van der Waals surface area contributed by atoms with Gasteiger partial charge in [-0.15, -0.1) is 0 Å². The number of aryl methyl sites for hydroxylation is 1. The Morgan fingerprint density at radius 1 is 0.812 bits per heavy atom. The van der Waals surface area contributed by atoms with E-state index in [1.54, 1.807) is 21.3 Å². The van der Waals surface area contributed by atoms with Crippen molar-refractivity contribution < 1.29 is 19.0 Å². The van der Waals surface area contributed by atoms with Crippen LogP contribution < -0.4 is 19.1 Å². The molecule has 162 valence electrons. The van der Waals surface area contributed by atoms with Gasteiger partial charge in [0, 0.05) is 29.2 Å². The van der Waals surface area contributed by atoms with Crippen molar-refractivity contribution in [1.29, 1.82) is 0 Å². The van der Waals surface area contributed by atoms with Crippen molar-refractivity contribution in [1.82, 2.24) is 4.57 Å². The lowest BCUT2D eigenvalue weighted by Crippen LogP contribution is -2.29. The Kier molecular flexibility index (Phi) is 4.78. The summed E-state index contributed by atoms with van der Waals surface area (Å²) in [4.78, 5) is 15.7. The number of methoxy groups -OCH3 is 3. The minimum Gasteiger partial charge on any atom is -0.497 e. The van der Waals surface area contributed by atoms with Gasteiger partial charge in [0.1, 0.15) is 11.4 Å². The SMILES string of the molecule is COc1ccc(N2C(=O)c3c(c4ccccc4n3C)C2c2ccc(OC)c(OC)c2)cc1. The number of nitrogens with zero attached hydrogens (tertiary/aromatic N) is 2. The minimum absolute atomic E-state index is 0.0383. The summed E-state index contributed by atoms with van der Waals surface area (Å²) in [6.45, 7) is 0. The molecule has 6 heteroatoms. The van der Waals surface area contributed by atoms with E-state index in [4.69, 9.17) is 14.2 Å². The summed E-state index contributed by atoms with van der Waals surface area (Å²) in [7, 11) is 6.81. The average Bonchev–Trinajstić information content (AvgIpc) is 3.31. The summed E-state index contributed by atoms with van der Waals surface area (Å²) in [6.07, 6.45) is 0. The summed E-state index contributed by atoms with van der Waals surface area (Å²) in [5.41, 5.74) is 4.47. The van der Waals surface area contributed by atoms with Crippen molar-refractivity contribution in [3.63, 3.8) is 0 Å². The van der Waals surface area contributed by atoms with Gasteiger partial charge in [-0.3, -0.25) is 9.69 Å². The minimum atomic E-state index is -0.309. The fourth-order valence-corrected chi connectivity index (χ4v) is 4.67. The van der Waals surface area contributed by atoms with E-state index in [9.17, 15) is 4.79 Å². The highest BCUT2D eigenvalue weighted by molar-refractivity contribution is 6.15. The van der Waals surface area contributed by atoms with Gasteiger partial charge in [-0.25, -0.2) is 0 Å². The Morgan fingerprint density at radius 3 is 2.22 bits per heavy atom. The van der Waals surface area contributed by atoms with Gasteiger partial charge in [0.25, 0.3) is 5.91 Å². The fraction of sp³-hybridized carbons (Fsp3) is 0.192. The van der Waals surface area contributed by atoms with Gasteiger partial charge in [0.2, 0.25) is 0 Å². The van der Waals surface area contributed by atoms with E-state index in [0.29, 0.717) is 17.2 Å². The second kappa shape index (κ2) is 7.64. The monoisotopic (exact) mass is 428 g/mol. The second-order valence-electron chi connectivity index (χ2n) is 7.73. The molecule has 32 heavy (non-hydrogen) atoms. The molecule has 0 spiro atoms. The molecule has 4 aromatic rings. The van der Waals surface area contributed by atoms with Crippen LogP contribution in [0.3, 0.4) is 0 Å². The number of para-hydroxylation sites is 1. The highest BCUT2D eigenvalue weighted by Crippen LogP contribution is 2.47. The zero-order valence-corrected chi connectivity index (χ0v) is 18.5. The molecule has 1 unspecified atom stereocenters. The molecule has 6 nitrogen and oxygen atoms in total. The maximum absolute atomic E-state index is 13.8. The number of fused-ring (bicyclic) bond motifs is 3. The second-order valence-corrected chi connectivity index (χ2v) is 7.73. The van der Waals surface area contributed by atoms with Crippen LogP contribution in [0.25, 0.3) is 10.9 Å². The van der Waals surface area contributed by atoms with E-state index in [-0.39, 0.29) is 11.9 Å². The van der Waals surface area contributed by atoms with E-state index < -0.39 is 0 Å². The molecule has 1 aliphatic heterocycles. The first kappa shape index (κ1) is 20.0. The number of amides is 1. The molecule has 0 saturated heterocycles. The van der Waals surface area contributed by atoms with Crippen LogP contribution in [0.4, 0.5) is 5.69 Å². The predicted molar refractivity (Wildman–Crippen MR) is 124 cm³/mol. The molecule has 1 aromatic heterocycles. The van der Waals surface area contributed by atoms with Crippen molar-refractivity contribution in [2.75, 3.05) is 26.2 Å². The quantitative estimate of drug-likeness (QED) is 0.451. The lowest BCUT2D eigenvalue weighted by atomic mass is 9.97. The summed E-state index contributed by atoms with van der Waals surface area (Å²) in [5.74, 6) is 1.98. The maximum Gasteiger partial charge on any atom is 0.276 e. The zero-order chi connectivity index (χ0) is 22.4. The smallest absolute Gasteiger partial charge is 0.276 e. The molecule has 1 atom stereocenters. The topological polar surface area (TPSA) is 52.9 Å². The lowest BCUT2D eigenvalue weighted by Gasteiger charge is -2.27. The van der Waals surface area contributed by atoms with Crippen LogP contribution in [0.2, 0.25) is 0 Å². The highest BCUT2D eigenvalue weighted by atomic mass is 16.5. The van der Waals surface area contributed by atoms with Crippen LogP contribution in [0.1, 0.15) is 27.7 Å². The first-order valence-electron chi connectivity index (χ1n) is 10.4. The van der Waals surface area contributed by atoms with Crippen molar-refractivity contribution >= 4 is 22.5 Å². The molecule has 0 N–H and O–H groups in total. The Morgan fingerprint density at radius 2 is 1.53 bits per heavy atom. The summed E-state index contributed by atoms with van der Waals surface area (Å²) >= 11 is 0. The molecule has 0 fully saturated rings. The number of aromatic nitrogens is 1. The van der Waals surface area contributed by atoms with Crippen molar-refractivity contribution in [2.24, 2.45) is 7.05 Å². The van der Waals surface area contributed by atoms with Gasteiger partial charge in [-0.1, -0.05) is 24.3 Å². The maximum atomic E-state index is 13.8. The Balaban J connectivity index is 1.76. The first-order chi connectivity index (χ1) is 15.6. The van der Waals surface area contributed by atoms with Gasteiger partial charge < -0.3 is 18.8 Å². The Hall–Kier alpha value is -3.93. The van der Waals surface area contributed by atoms with Gasteiger partial charge in [0.15, 0.2) is 11.5 Å². The number of benzene rings is 3. The molecule has 0 saturated carbocycles. The standard InChI is InChI=1S/C26H24N2O4/c1-27-20-8-6-5-7-19(20)23-24(16-9-14-21(31-3)22(15-16)32-4)28(26(29)25(23)27)17-10-12-18(30-2)13-11-17/h5-15,24H,1-4H3. The van der Waals surface area contributed by atoms with Crippen molar-refractivity contribution in [3.8, 4) is 17.2 Å². The summed E-state index contributed by atoms with van der Waals surface area (Å²) < 4.78 is 18.3. The largest absolute Gasteiger partial charge is 0.497 e. The van der Waals surface area contributed by atoms with E-state index in [1.165, 1.54) is 0 Å². The fourth-order valence-electron chi connectivity index (χ4n) is 4.67. The molecule has 1 amide bonds. The third-order valence-electron chi connectivity index (χ3n) is 6.17. The van der Waals surface area contributed by atoms with E-state index in [1.807, 2.05) is 77.2 Å². The van der Waals surface area contributed by atoms with E-state index in [0.717, 1.165) is 33.5 Å². The number of hydrogen-bond donors (Lipinski definition) is 0. The third kappa shape index (κ3) is 2.83. The predicted octanol–water partition coefficient (Wildman–Crippen LogP) is 4.95. The summed E-state index contributed by atoms with van der Waals surface area (Å²) in [5, 5.41) is 1.06. The van der Waals surface area contributed by atoms with Gasteiger partial charge in [-0.2, -0.15) is 0 Å². The Labute approximate surface area is 186 Å². The Bertz CT molecular complexity index is 1320. The van der Waals surface area contributed by atoms with Crippen LogP contribution >= 0.6 is 0 Å². The molecule has 0 radical (unpaired) electrons. The molecule has 0 aliphatic carbocycles. The number of ether oxygens (including phenoxy) is 3. The van der Waals surface area contributed by atoms with Gasteiger partial charge in [-0.05, 0) is 48.0 Å². The van der Waals surface area contributed by atoms with E-state index >= 15 is 0 Å². The van der Waals surface area contributed by atoms with Crippen molar-refractivity contribution in [3.05, 3.63) is 83.6 Å². The van der Waals surface area contributed by atoms with E-state index in [2.05, 4.69) is 6.07 Å². The highest BCUT2D eigenvalue weighted by Gasteiger charge is 2.43.